The zero-order valence-corrected chi connectivity index (χ0v) is 8.95. The highest BCUT2D eigenvalue weighted by Crippen LogP contribution is 2.11. The summed E-state index contributed by atoms with van der Waals surface area (Å²) in [6, 6.07) is -0.101. The van der Waals surface area contributed by atoms with E-state index in [1.165, 1.54) is 11.4 Å². The molecule has 0 aliphatic rings. The van der Waals surface area contributed by atoms with E-state index in [1.807, 2.05) is 0 Å². The summed E-state index contributed by atoms with van der Waals surface area (Å²) in [6.07, 6.45) is 0. The van der Waals surface area contributed by atoms with Crippen LogP contribution in [-0.2, 0) is 19.1 Å². The zero-order chi connectivity index (χ0) is 11.4. The van der Waals surface area contributed by atoms with Gasteiger partial charge in [0.25, 0.3) is 5.56 Å². The highest BCUT2D eigenvalue weighted by atomic mass is 32.1. The fraction of sp³-hybridized carbons (Fsp3) is 0.375. The van der Waals surface area contributed by atoms with Crippen LogP contribution in [0.5, 0.6) is 0 Å². The van der Waals surface area contributed by atoms with E-state index in [0.717, 1.165) is 29.7 Å². The van der Waals surface area contributed by atoms with Gasteiger partial charge in [0.2, 0.25) is 6.04 Å². The summed E-state index contributed by atoms with van der Waals surface area (Å²) in [5.41, 5.74) is -0.444. The molecule has 0 aliphatic carbocycles. The van der Waals surface area contributed by atoms with Crippen LogP contribution in [0, 0.1) is 0 Å². The highest BCUT2D eigenvalue weighted by molar-refractivity contribution is 7.04. The van der Waals surface area contributed by atoms with Crippen LogP contribution in [-0.4, -0.2) is 30.1 Å². The number of aromatic nitrogens is 1. The lowest BCUT2D eigenvalue weighted by atomic mass is 10.3. The van der Waals surface area contributed by atoms with Crippen LogP contribution in [0.4, 0.5) is 0 Å². The second-order valence-corrected chi connectivity index (χ2v) is 3.40. The smallest absolute Gasteiger partial charge is 0.341 e. The summed E-state index contributed by atoms with van der Waals surface area (Å²) in [5.74, 6) is -1.65. The minimum absolute atomic E-state index is 0.444. The molecule has 6 nitrogen and oxygen atoms in total. The Labute approximate surface area is 89.2 Å². The van der Waals surface area contributed by atoms with Gasteiger partial charge < -0.3 is 9.47 Å². The van der Waals surface area contributed by atoms with E-state index in [-0.39, 0.29) is 0 Å². The van der Waals surface area contributed by atoms with E-state index in [4.69, 9.17) is 0 Å². The third kappa shape index (κ3) is 2.24. The maximum atomic E-state index is 11.3. The van der Waals surface area contributed by atoms with Crippen LogP contribution < -0.4 is 5.56 Å². The van der Waals surface area contributed by atoms with Crippen molar-refractivity contribution in [2.45, 2.75) is 6.04 Å². The first-order valence-corrected chi connectivity index (χ1v) is 4.77. The lowest BCUT2D eigenvalue weighted by Gasteiger charge is -2.11. The van der Waals surface area contributed by atoms with E-state index >= 15 is 0 Å². The number of methoxy groups -OCH3 is 2. The normalized spacial score (nSPS) is 10.1. The van der Waals surface area contributed by atoms with Gasteiger partial charge in [0.05, 0.1) is 14.2 Å². The number of carbonyl (C=O) groups is 2. The average Bonchev–Trinajstić information content (AvgIpc) is 2.64. The maximum absolute atomic E-state index is 11.3. The van der Waals surface area contributed by atoms with Crippen molar-refractivity contribution in [1.29, 1.82) is 0 Å². The van der Waals surface area contributed by atoms with Gasteiger partial charge in [-0.3, -0.25) is 4.79 Å². The van der Waals surface area contributed by atoms with E-state index in [1.54, 1.807) is 0 Å². The van der Waals surface area contributed by atoms with E-state index in [0.29, 0.717) is 0 Å². The SMILES string of the molecule is COC(=O)C(C(=O)OC)n1sccc1=O. The van der Waals surface area contributed by atoms with Crippen LogP contribution in [0.15, 0.2) is 16.2 Å². The van der Waals surface area contributed by atoms with Gasteiger partial charge in [0.15, 0.2) is 0 Å². The molecule has 82 valence electrons. The molecule has 0 N–H and O–H groups in total. The van der Waals surface area contributed by atoms with Crippen LogP contribution in [0.3, 0.4) is 0 Å². The van der Waals surface area contributed by atoms with Gasteiger partial charge in [0.1, 0.15) is 0 Å². The molecule has 7 heteroatoms. The average molecular weight is 231 g/mol. The Morgan fingerprint density at radius 2 is 1.87 bits per heavy atom. The molecule has 0 radical (unpaired) electrons. The second-order valence-electron chi connectivity index (χ2n) is 2.52. The first-order valence-electron chi connectivity index (χ1n) is 3.94. The summed E-state index contributed by atoms with van der Waals surface area (Å²) >= 11 is 0.948. The fourth-order valence-corrected chi connectivity index (χ4v) is 1.75. The molecule has 0 aliphatic heterocycles. The molecule has 1 heterocycles. The summed E-state index contributed by atoms with van der Waals surface area (Å²) in [6.45, 7) is 0. The van der Waals surface area contributed by atoms with E-state index in [2.05, 4.69) is 9.47 Å². The summed E-state index contributed by atoms with van der Waals surface area (Å²) < 4.78 is 9.84. The Bertz CT molecular complexity index is 405. The maximum Gasteiger partial charge on any atom is 0.341 e. The molecule has 15 heavy (non-hydrogen) atoms. The van der Waals surface area contributed by atoms with Crippen molar-refractivity contribution in [2.75, 3.05) is 14.2 Å². The molecule has 0 atom stereocenters. The molecule has 0 saturated carbocycles. The molecule has 1 rings (SSSR count). The van der Waals surface area contributed by atoms with Crippen molar-refractivity contribution >= 4 is 23.5 Å². The molecule has 0 amide bonds. The summed E-state index contributed by atoms with van der Waals surface area (Å²) in [5, 5.41) is 1.47. The molecule has 0 saturated heterocycles. The van der Waals surface area contributed by atoms with Gasteiger partial charge >= 0.3 is 11.9 Å². The van der Waals surface area contributed by atoms with Crippen molar-refractivity contribution in [1.82, 2.24) is 3.96 Å². The quantitative estimate of drug-likeness (QED) is 0.532. The van der Waals surface area contributed by atoms with Gasteiger partial charge in [-0.1, -0.05) is 11.5 Å². The van der Waals surface area contributed by atoms with Crippen molar-refractivity contribution in [3.8, 4) is 0 Å². The van der Waals surface area contributed by atoms with E-state index in [9.17, 15) is 14.4 Å². The first-order chi connectivity index (χ1) is 7.11. The fourth-order valence-electron chi connectivity index (χ4n) is 0.979. The van der Waals surface area contributed by atoms with Gasteiger partial charge in [0, 0.05) is 11.4 Å². The molecule has 0 fully saturated rings. The predicted molar refractivity (Wildman–Crippen MR) is 51.6 cm³/mol. The lowest BCUT2D eigenvalue weighted by Crippen LogP contribution is -2.33. The minimum Gasteiger partial charge on any atom is -0.467 e. The Morgan fingerprint density at radius 1 is 1.33 bits per heavy atom. The molecular weight excluding hydrogens is 222 g/mol. The number of carbonyl (C=O) groups excluding carboxylic acids is 2. The topological polar surface area (TPSA) is 74.6 Å². The van der Waals surface area contributed by atoms with Crippen LogP contribution in [0.25, 0.3) is 0 Å². The number of nitrogens with zero attached hydrogens (tertiary/aromatic N) is 1. The van der Waals surface area contributed by atoms with E-state index < -0.39 is 23.5 Å². The standard InChI is InChI=1S/C8H9NO5S/c1-13-7(11)6(8(12)14-2)9-5(10)3-4-15-9/h3-4,6H,1-2H3. The minimum atomic E-state index is -1.35. The van der Waals surface area contributed by atoms with Crippen LogP contribution >= 0.6 is 11.5 Å². The summed E-state index contributed by atoms with van der Waals surface area (Å²) in [7, 11) is 2.27. The highest BCUT2D eigenvalue weighted by Gasteiger charge is 2.32. The molecule has 1 aromatic rings. The van der Waals surface area contributed by atoms with Gasteiger partial charge in [-0.05, 0) is 0 Å². The predicted octanol–water partition coefficient (Wildman–Crippen LogP) is -0.203. The molecule has 0 bridgehead atoms. The molecular formula is C8H9NO5S. The van der Waals surface area contributed by atoms with Gasteiger partial charge in [-0.15, -0.1) is 0 Å². The van der Waals surface area contributed by atoms with Crippen LogP contribution in [0.2, 0.25) is 0 Å². The number of ether oxygens (including phenoxy) is 2. The molecule has 0 spiro atoms. The van der Waals surface area contributed by atoms with Crippen molar-refractivity contribution < 1.29 is 19.1 Å². The molecule has 1 aromatic heterocycles. The first kappa shape index (κ1) is 11.4. The number of hydrogen-bond donors (Lipinski definition) is 0. The molecule has 0 unspecified atom stereocenters. The Kier molecular flexibility index (Phi) is 3.62. The number of rotatable bonds is 3. The number of hydrogen-bond acceptors (Lipinski definition) is 6. The Balaban J connectivity index is 3.13. The lowest BCUT2D eigenvalue weighted by molar-refractivity contribution is -0.157. The Morgan fingerprint density at radius 3 is 2.20 bits per heavy atom. The second kappa shape index (κ2) is 4.74. The Hall–Kier alpha value is -1.63. The van der Waals surface area contributed by atoms with Crippen LogP contribution in [0.1, 0.15) is 6.04 Å². The third-order valence-corrected chi connectivity index (χ3v) is 2.56. The molecule has 0 aromatic carbocycles. The monoisotopic (exact) mass is 231 g/mol. The third-order valence-electron chi connectivity index (χ3n) is 1.69. The number of esters is 2. The van der Waals surface area contributed by atoms with Gasteiger partial charge in [-0.25, -0.2) is 13.5 Å². The van der Waals surface area contributed by atoms with Gasteiger partial charge in [-0.2, -0.15) is 0 Å². The zero-order valence-electron chi connectivity index (χ0n) is 8.13. The van der Waals surface area contributed by atoms with Crippen molar-refractivity contribution in [2.24, 2.45) is 0 Å². The van der Waals surface area contributed by atoms with Crippen molar-refractivity contribution in [3.63, 3.8) is 0 Å². The van der Waals surface area contributed by atoms with Crippen molar-refractivity contribution in [3.05, 3.63) is 21.8 Å². The summed E-state index contributed by atoms with van der Waals surface area (Å²) in [4.78, 5) is 33.8. The largest absolute Gasteiger partial charge is 0.467 e.